The van der Waals surface area contributed by atoms with Gasteiger partial charge in [0.05, 0.1) is 7.11 Å². The van der Waals surface area contributed by atoms with Crippen LogP contribution in [-0.2, 0) is 16.1 Å². The molecule has 0 spiro atoms. The fourth-order valence-electron chi connectivity index (χ4n) is 4.31. The molecule has 0 aliphatic carbocycles. The number of carbonyl (C=O) groups excluding carboxylic acids is 1. The molecule has 0 heterocycles. The molecule has 3 nitrogen and oxygen atoms in total. The Morgan fingerprint density at radius 3 is 1.39 bits per heavy atom. The lowest BCUT2D eigenvalue weighted by atomic mass is 10.0. The molecule has 0 aliphatic rings. The molecule has 0 bridgehead atoms. The van der Waals surface area contributed by atoms with Crippen molar-refractivity contribution in [2.75, 3.05) is 7.11 Å². The van der Waals surface area contributed by atoms with E-state index in [1.165, 1.54) is 109 Å². The van der Waals surface area contributed by atoms with E-state index in [0.717, 1.165) is 24.2 Å². The highest BCUT2D eigenvalue weighted by Crippen LogP contribution is 2.15. The number of rotatable bonds is 23. The van der Waals surface area contributed by atoms with E-state index in [9.17, 15) is 4.79 Å². The van der Waals surface area contributed by atoms with Gasteiger partial charge in [-0.3, -0.25) is 4.79 Å². The molecule has 0 saturated carbocycles. The van der Waals surface area contributed by atoms with Crippen LogP contribution in [0.5, 0.6) is 5.75 Å². The van der Waals surface area contributed by atoms with Crippen LogP contribution in [0.3, 0.4) is 0 Å². The van der Waals surface area contributed by atoms with E-state index in [0.29, 0.717) is 13.0 Å². The molecule has 33 heavy (non-hydrogen) atoms. The standard InChI is InChI=1S/C30H52O3/c1-3-4-5-6-7-8-9-10-11-12-13-14-15-16-17-18-19-20-21-22-30(31)33-27-28-23-25-29(32-2)26-24-28/h23-26H,3-22,27H2,1-2H3. The molecule has 0 saturated heterocycles. The number of carbonyl (C=O) groups is 1. The molecule has 1 aromatic carbocycles. The second kappa shape index (κ2) is 22.3. The first-order chi connectivity index (χ1) is 16.3. The highest BCUT2D eigenvalue weighted by Gasteiger charge is 2.04. The Balaban J connectivity index is 1.76. The van der Waals surface area contributed by atoms with Crippen molar-refractivity contribution in [2.24, 2.45) is 0 Å². The van der Waals surface area contributed by atoms with Gasteiger partial charge in [-0.05, 0) is 24.1 Å². The molecule has 0 N–H and O–H groups in total. The molecule has 0 fully saturated rings. The molecule has 0 amide bonds. The van der Waals surface area contributed by atoms with Gasteiger partial charge in [-0.15, -0.1) is 0 Å². The fraction of sp³-hybridized carbons (Fsp3) is 0.767. The largest absolute Gasteiger partial charge is 0.497 e. The Labute approximate surface area is 205 Å². The smallest absolute Gasteiger partial charge is 0.306 e. The fourth-order valence-corrected chi connectivity index (χ4v) is 4.31. The van der Waals surface area contributed by atoms with Crippen molar-refractivity contribution >= 4 is 5.97 Å². The van der Waals surface area contributed by atoms with Gasteiger partial charge in [-0.1, -0.05) is 135 Å². The quantitative estimate of drug-likeness (QED) is 0.120. The second-order valence-corrected chi connectivity index (χ2v) is 9.62. The molecule has 0 unspecified atom stereocenters. The van der Waals surface area contributed by atoms with Crippen LogP contribution >= 0.6 is 0 Å². The lowest BCUT2D eigenvalue weighted by Gasteiger charge is -2.06. The summed E-state index contributed by atoms with van der Waals surface area (Å²) in [5.74, 6) is 0.733. The monoisotopic (exact) mass is 460 g/mol. The molecular weight excluding hydrogens is 408 g/mol. The van der Waals surface area contributed by atoms with Crippen LogP contribution in [0.25, 0.3) is 0 Å². The van der Waals surface area contributed by atoms with Crippen LogP contribution in [-0.4, -0.2) is 13.1 Å². The molecule has 190 valence electrons. The molecule has 0 aromatic heterocycles. The van der Waals surface area contributed by atoms with E-state index in [1.807, 2.05) is 24.3 Å². The number of ether oxygens (including phenoxy) is 2. The van der Waals surface area contributed by atoms with Crippen molar-refractivity contribution in [3.63, 3.8) is 0 Å². The van der Waals surface area contributed by atoms with Crippen LogP contribution < -0.4 is 4.74 Å². The minimum atomic E-state index is -0.0854. The molecule has 1 rings (SSSR count). The number of methoxy groups -OCH3 is 1. The summed E-state index contributed by atoms with van der Waals surface area (Å²) >= 11 is 0. The third-order valence-corrected chi connectivity index (χ3v) is 6.54. The Morgan fingerprint density at radius 2 is 1.00 bits per heavy atom. The van der Waals surface area contributed by atoms with E-state index >= 15 is 0 Å². The van der Waals surface area contributed by atoms with Crippen molar-refractivity contribution in [2.45, 2.75) is 142 Å². The number of unbranched alkanes of at least 4 members (excludes halogenated alkanes) is 18. The van der Waals surface area contributed by atoms with E-state index in [-0.39, 0.29) is 5.97 Å². The summed E-state index contributed by atoms with van der Waals surface area (Å²) in [7, 11) is 1.65. The van der Waals surface area contributed by atoms with Gasteiger partial charge in [0.25, 0.3) is 0 Å². The average molecular weight is 461 g/mol. The van der Waals surface area contributed by atoms with Gasteiger partial charge in [0.1, 0.15) is 12.4 Å². The number of benzene rings is 1. The summed E-state index contributed by atoms with van der Waals surface area (Å²) in [6.45, 7) is 2.64. The highest BCUT2D eigenvalue weighted by molar-refractivity contribution is 5.69. The van der Waals surface area contributed by atoms with Crippen LogP contribution in [0, 0.1) is 0 Å². The van der Waals surface area contributed by atoms with Crippen LogP contribution in [0.4, 0.5) is 0 Å². The summed E-state index contributed by atoms with van der Waals surface area (Å²) in [4.78, 5) is 11.9. The molecule has 0 radical (unpaired) electrons. The first kappa shape index (κ1) is 29.5. The zero-order chi connectivity index (χ0) is 23.8. The Kier molecular flexibility index (Phi) is 19.9. The maximum Gasteiger partial charge on any atom is 0.306 e. The zero-order valence-corrected chi connectivity index (χ0v) is 21.9. The van der Waals surface area contributed by atoms with E-state index in [2.05, 4.69) is 6.92 Å². The summed E-state index contributed by atoms with van der Waals surface area (Å²) in [6.07, 6.45) is 26.5. The second-order valence-electron chi connectivity index (χ2n) is 9.62. The van der Waals surface area contributed by atoms with Crippen molar-refractivity contribution in [1.82, 2.24) is 0 Å². The predicted octanol–water partition coefficient (Wildman–Crippen LogP) is 9.56. The van der Waals surface area contributed by atoms with Gasteiger partial charge >= 0.3 is 5.97 Å². The summed E-state index contributed by atoms with van der Waals surface area (Å²) < 4.78 is 10.5. The maximum atomic E-state index is 11.9. The third kappa shape index (κ3) is 18.6. The van der Waals surface area contributed by atoms with Crippen LogP contribution in [0.2, 0.25) is 0 Å². The van der Waals surface area contributed by atoms with Gasteiger partial charge in [-0.25, -0.2) is 0 Å². The van der Waals surface area contributed by atoms with Gasteiger partial charge < -0.3 is 9.47 Å². The first-order valence-electron chi connectivity index (χ1n) is 14.0. The normalized spacial score (nSPS) is 11.0. The molecule has 0 aliphatic heterocycles. The van der Waals surface area contributed by atoms with E-state index in [1.54, 1.807) is 7.11 Å². The summed E-state index contributed by atoms with van der Waals surface area (Å²) in [5.41, 5.74) is 0.998. The minimum Gasteiger partial charge on any atom is -0.497 e. The van der Waals surface area contributed by atoms with Gasteiger partial charge in [-0.2, -0.15) is 0 Å². The Bertz CT molecular complexity index is 552. The SMILES string of the molecule is CCCCCCCCCCCCCCCCCCCCCC(=O)OCc1ccc(OC)cc1. The molecule has 0 atom stereocenters. The lowest BCUT2D eigenvalue weighted by Crippen LogP contribution is -2.04. The van der Waals surface area contributed by atoms with Gasteiger partial charge in [0.2, 0.25) is 0 Å². The first-order valence-corrected chi connectivity index (χ1v) is 14.0. The average Bonchev–Trinajstić information content (AvgIpc) is 2.84. The van der Waals surface area contributed by atoms with Crippen molar-refractivity contribution in [1.29, 1.82) is 0 Å². The van der Waals surface area contributed by atoms with Gasteiger partial charge in [0, 0.05) is 6.42 Å². The maximum absolute atomic E-state index is 11.9. The van der Waals surface area contributed by atoms with Crippen LogP contribution in [0.15, 0.2) is 24.3 Å². The van der Waals surface area contributed by atoms with Crippen molar-refractivity contribution < 1.29 is 14.3 Å². The Hall–Kier alpha value is -1.51. The van der Waals surface area contributed by atoms with Gasteiger partial charge in [0.15, 0.2) is 0 Å². The summed E-state index contributed by atoms with van der Waals surface area (Å²) in [5, 5.41) is 0. The number of hydrogen-bond donors (Lipinski definition) is 0. The van der Waals surface area contributed by atoms with Crippen molar-refractivity contribution in [3.8, 4) is 5.75 Å². The lowest BCUT2D eigenvalue weighted by molar-refractivity contribution is -0.145. The Morgan fingerprint density at radius 1 is 0.606 bits per heavy atom. The zero-order valence-electron chi connectivity index (χ0n) is 21.9. The van der Waals surface area contributed by atoms with E-state index < -0.39 is 0 Å². The minimum absolute atomic E-state index is 0.0854. The molecule has 3 heteroatoms. The van der Waals surface area contributed by atoms with E-state index in [4.69, 9.17) is 9.47 Å². The number of hydrogen-bond acceptors (Lipinski definition) is 3. The number of esters is 1. The van der Waals surface area contributed by atoms with Crippen LogP contribution in [0.1, 0.15) is 141 Å². The highest BCUT2D eigenvalue weighted by atomic mass is 16.5. The molecular formula is C30H52O3. The molecule has 1 aromatic rings. The van der Waals surface area contributed by atoms with Crippen molar-refractivity contribution in [3.05, 3.63) is 29.8 Å². The third-order valence-electron chi connectivity index (χ3n) is 6.54. The predicted molar refractivity (Wildman–Crippen MR) is 141 cm³/mol. The summed E-state index contributed by atoms with van der Waals surface area (Å²) in [6, 6.07) is 7.65. The topological polar surface area (TPSA) is 35.5 Å².